The normalized spacial score (nSPS) is 10.7. The first kappa shape index (κ1) is 14.1. The largest absolute Gasteiger partial charge is 0.423 e. The van der Waals surface area contributed by atoms with Crippen LogP contribution in [0.15, 0.2) is 71.3 Å². The Balaban J connectivity index is 1.50. The van der Waals surface area contributed by atoms with Gasteiger partial charge in [-0.1, -0.05) is 12.1 Å². The fourth-order valence-electron chi connectivity index (χ4n) is 2.34. The summed E-state index contributed by atoms with van der Waals surface area (Å²) >= 11 is 0. The molecule has 0 aliphatic rings. The zero-order valence-electron chi connectivity index (χ0n) is 12.7. The third-order valence-electron chi connectivity index (χ3n) is 3.53. The van der Waals surface area contributed by atoms with Crippen molar-refractivity contribution < 1.29 is 4.42 Å². The van der Waals surface area contributed by atoms with Crippen LogP contribution in [0.2, 0.25) is 0 Å². The number of nitrogens with one attached hydrogen (secondary N) is 2. The number of anilines is 5. The summed E-state index contributed by atoms with van der Waals surface area (Å²) < 4.78 is 5.65. The number of aromatic nitrogens is 2. The molecular weight excluding hydrogens is 302 g/mol. The van der Waals surface area contributed by atoms with Crippen molar-refractivity contribution in [3.63, 3.8) is 0 Å². The molecule has 0 atom stereocenters. The predicted molar refractivity (Wildman–Crippen MR) is 95.7 cm³/mol. The van der Waals surface area contributed by atoms with Gasteiger partial charge in [-0.05, 0) is 48.5 Å². The fraction of sp³-hybridized carbons (Fsp3) is 0. The molecule has 0 aliphatic heterocycles. The molecule has 0 bridgehead atoms. The number of nitrogens with two attached hydrogens (primary N) is 1. The maximum atomic E-state index is 5.88. The first-order chi connectivity index (χ1) is 11.8. The second-order valence-electron chi connectivity index (χ2n) is 5.26. The maximum absolute atomic E-state index is 5.88. The van der Waals surface area contributed by atoms with E-state index in [1.54, 1.807) is 18.3 Å². The third kappa shape index (κ3) is 2.85. The lowest BCUT2D eigenvalue weighted by molar-refractivity contribution is 0.623. The minimum Gasteiger partial charge on any atom is -0.423 e. The lowest BCUT2D eigenvalue weighted by Crippen LogP contribution is -1.98. The van der Waals surface area contributed by atoms with E-state index in [4.69, 9.17) is 10.2 Å². The monoisotopic (exact) mass is 317 g/mol. The summed E-state index contributed by atoms with van der Waals surface area (Å²) in [4.78, 5) is 8.60. The molecule has 0 saturated carbocycles. The lowest BCUT2D eigenvalue weighted by atomic mass is 10.2. The van der Waals surface area contributed by atoms with E-state index in [0.29, 0.717) is 17.5 Å². The van der Waals surface area contributed by atoms with Crippen LogP contribution in [0.4, 0.5) is 28.9 Å². The second kappa shape index (κ2) is 5.92. The number of oxazole rings is 1. The van der Waals surface area contributed by atoms with E-state index in [1.165, 1.54) is 0 Å². The summed E-state index contributed by atoms with van der Waals surface area (Å²) in [6.45, 7) is 0. The molecule has 0 fully saturated rings. The zero-order chi connectivity index (χ0) is 16.4. The molecule has 24 heavy (non-hydrogen) atoms. The van der Waals surface area contributed by atoms with Crippen LogP contribution >= 0.6 is 0 Å². The summed E-state index contributed by atoms with van der Waals surface area (Å²) in [7, 11) is 0. The molecule has 4 aromatic rings. The van der Waals surface area contributed by atoms with Gasteiger partial charge in [-0.25, -0.2) is 4.98 Å². The SMILES string of the molecule is Nc1cccnc1Nc1ccc(Nc2nc3ccccc3o2)cc1. The molecule has 2 aromatic carbocycles. The Bertz CT molecular complexity index is 945. The van der Waals surface area contributed by atoms with E-state index < -0.39 is 0 Å². The van der Waals surface area contributed by atoms with Crippen LogP contribution in [0, 0.1) is 0 Å². The van der Waals surface area contributed by atoms with Gasteiger partial charge in [0.1, 0.15) is 5.52 Å². The minimum atomic E-state index is 0.464. The van der Waals surface area contributed by atoms with E-state index in [2.05, 4.69) is 20.6 Å². The number of nitrogen functional groups attached to an aromatic ring is 1. The Morgan fingerprint density at radius 2 is 1.58 bits per heavy atom. The predicted octanol–water partition coefficient (Wildman–Crippen LogP) is 4.29. The molecule has 4 N–H and O–H groups in total. The van der Waals surface area contributed by atoms with Gasteiger partial charge in [-0.2, -0.15) is 4.98 Å². The van der Waals surface area contributed by atoms with Crippen molar-refractivity contribution in [2.24, 2.45) is 0 Å². The van der Waals surface area contributed by atoms with Gasteiger partial charge in [0.05, 0.1) is 5.69 Å². The number of fused-ring (bicyclic) bond motifs is 1. The van der Waals surface area contributed by atoms with Crippen LogP contribution < -0.4 is 16.4 Å². The maximum Gasteiger partial charge on any atom is 0.300 e. The van der Waals surface area contributed by atoms with Gasteiger partial charge in [-0.3, -0.25) is 0 Å². The molecule has 118 valence electrons. The first-order valence-electron chi connectivity index (χ1n) is 7.48. The molecule has 2 aromatic heterocycles. The highest BCUT2D eigenvalue weighted by Gasteiger charge is 2.05. The number of nitrogens with zero attached hydrogens (tertiary/aromatic N) is 2. The molecule has 6 nitrogen and oxygen atoms in total. The number of pyridine rings is 1. The van der Waals surface area contributed by atoms with Crippen LogP contribution in [-0.4, -0.2) is 9.97 Å². The number of rotatable bonds is 4. The van der Waals surface area contributed by atoms with Crippen LogP contribution in [0.3, 0.4) is 0 Å². The average molecular weight is 317 g/mol. The van der Waals surface area contributed by atoms with Gasteiger partial charge in [-0.15, -0.1) is 0 Å². The number of hydrogen-bond donors (Lipinski definition) is 3. The van der Waals surface area contributed by atoms with E-state index in [1.807, 2.05) is 48.5 Å². The summed E-state index contributed by atoms with van der Waals surface area (Å²) in [6.07, 6.45) is 1.70. The summed E-state index contributed by atoms with van der Waals surface area (Å²) in [5, 5.41) is 6.33. The molecule has 0 radical (unpaired) electrons. The molecule has 0 saturated heterocycles. The Labute approximate surface area is 138 Å². The molecule has 0 spiro atoms. The average Bonchev–Trinajstić information content (AvgIpc) is 3.01. The van der Waals surface area contributed by atoms with Crippen molar-refractivity contribution >= 4 is 40.0 Å². The van der Waals surface area contributed by atoms with Crippen molar-refractivity contribution in [1.82, 2.24) is 9.97 Å². The summed E-state index contributed by atoms with van der Waals surface area (Å²) in [5.41, 5.74) is 9.83. The molecule has 0 amide bonds. The van der Waals surface area contributed by atoms with Crippen molar-refractivity contribution in [2.45, 2.75) is 0 Å². The third-order valence-corrected chi connectivity index (χ3v) is 3.53. The summed E-state index contributed by atoms with van der Waals surface area (Å²) in [5.74, 6) is 0.636. The molecule has 2 heterocycles. The van der Waals surface area contributed by atoms with Gasteiger partial charge >= 0.3 is 0 Å². The van der Waals surface area contributed by atoms with Crippen LogP contribution in [0.5, 0.6) is 0 Å². The molecule has 6 heteroatoms. The van der Waals surface area contributed by atoms with Gasteiger partial charge in [0.15, 0.2) is 11.4 Å². The van der Waals surface area contributed by atoms with Gasteiger partial charge in [0, 0.05) is 17.6 Å². The van der Waals surface area contributed by atoms with E-state index in [9.17, 15) is 0 Å². The number of hydrogen-bond acceptors (Lipinski definition) is 6. The van der Waals surface area contributed by atoms with Crippen molar-refractivity contribution in [3.05, 3.63) is 66.9 Å². The van der Waals surface area contributed by atoms with Crippen LogP contribution in [0.1, 0.15) is 0 Å². The van der Waals surface area contributed by atoms with Crippen molar-refractivity contribution in [2.75, 3.05) is 16.4 Å². The minimum absolute atomic E-state index is 0.464. The van der Waals surface area contributed by atoms with Gasteiger partial charge < -0.3 is 20.8 Å². The Kier molecular flexibility index (Phi) is 3.47. The van der Waals surface area contributed by atoms with Crippen molar-refractivity contribution in [3.8, 4) is 0 Å². The Morgan fingerprint density at radius 3 is 2.33 bits per heavy atom. The van der Waals surface area contributed by atoms with Gasteiger partial charge in [0.2, 0.25) is 0 Å². The highest BCUT2D eigenvalue weighted by molar-refractivity contribution is 5.75. The summed E-state index contributed by atoms with van der Waals surface area (Å²) in [6, 6.07) is 19.4. The molecular formula is C18H15N5O. The molecule has 4 rings (SSSR count). The van der Waals surface area contributed by atoms with E-state index >= 15 is 0 Å². The number of benzene rings is 2. The van der Waals surface area contributed by atoms with Crippen molar-refractivity contribution in [1.29, 1.82) is 0 Å². The van der Waals surface area contributed by atoms with Crippen LogP contribution in [-0.2, 0) is 0 Å². The first-order valence-corrected chi connectivity index (χ1v) is 7.48. The Morgan fingerprint density at radius 1 is 0.833 bits per heavy atom. The topological polar surface area (TPSA) is 89.0 Å². The quantitative estimate of drug-likeness (QED) is 0.520. The van der Waals surface area contributed by atoms with E-state index in [0.717, 1.165) is 22.5 Å². The smallest absolute Gasteiger partial charge is 0.300 e. The van der Waals surface area contributed by atoms with Crippen LogP contribution in [0.25, 0.3) is 11.1 Å². The molecule has 0 unspecified atom stereocenters. The highest BCUT2D eigenvalue weighted by atomic mass is 16.4. The van der Waals surface area contributed by atoms with Gasteiger partial charge in [0.25, 0.3) is 6.01 Å². The standard InChI is InChI=1S/C18H15N5O/c19-14-4-3-11-20-17(14)21-12-7-9-13(10-8-12)22-18-23-15-5-1-2-6-16(15)24-18/h1-11H,19H2,(H,20,21)(H,22,23). The Hall–Kier alpha value is -3.54. The zero-order valence-corrected chi connectivity index (χ0v) is 12.7. The lowest BCUT2D eigenvalue weighted by Gasteiger charge is -2.08. The fourth-order valence-corrected chi connectivity index (χ4v) is 2.34. The second-order valence-corrected chi connectivity index (χ2v) is 5.26. The number of para-hydroxylation sites is 2. The highest BCUT2D eigenvalue weighted by Crippen LogP contribution is 2.24. The van der Waals surface area contributed by atoms with E-state index in [-0.39, 0.29) is 0 Å². The molecule has 0 aliphatic carbocycles.